The SMILES string of the molecule is CC(C)c1nc(NCCc2ccc(Cl)cc2Cl)cc(=O)[nH]1. The van der Waals surface area contributed by atoms with Crippen LogP contribution in [0.2, 0.25) is 10.0 Å². The van der Waals surface area contributed by atoms with Crippen molar-refractivity contribution >= 4 is 29.0 Å². The zero-order chi connectivity index (χ0) is 15.4. The summed E-state index contributed by atoms with van der Waals surface area (Å²) < 4.78 is 0. The lowest BCUT2D eigenvalue weighted by atomic mass is 10.1. The summed E-state index contributed by atoms with van der Waals surface area (Å²) in [6, 6.07) is 6.89. The number of nitrogens with one attached hydrogen (secondary N) is 2. The summed E-state index contributed by atoms with van der Waals surface area (Å²) in [5.74, 6) is 1.42. The van der Waals surface area contributed by atoms with Gasteiger partial charge in [0.2, 0.25) is 0 Å². The number of anilines is 1. The van der Waals surface area contributed by atoms with Gasteiger partial charge in [0.05, 0.1) is 0 Å². The van der Waals surface area contributed by atoms with Crippen molar-refractivity contribution in [2.24, 2.45) is 0 Å². The number of hydrogen-bond donors (Lipinski definition) is 2. The highest BCUT2D eigenvalue weighted by Crippen LogP contribution is 2.21. The summed E-state index contributed by atoms with van der Waals surface area (Å²) in [4.78, 5) is 18.7. The van der Waals surface area contributed by atoms with Gasteiger partial charge < -0.3 is 10.3 Å². The quantitative estimate of drug-likeness (QED) is 0.877. The average Bonchev–Trinajstić information content (AvgIpc) is 2.40. The third kappa shape index (κ3) is 4.48. The molecule has 112 valence electrons. The van der Waals surface area contributed by atoms with Crippen LogP contribution in [0.1, 0.15) is 31.2 Å². The number of hydrogen-bond acceptors (Lipinski definition) is 3. The fourth-order valence-corrected chi connectivity index (χ4v) is 2.39. The molecule has 0 aliphatic rings. The third-order valence-corrected chi connectivity index (χ3v) is 3.61. The average molecular weight is 326 g/mol. The van der Waals surface area contributed by atoms with Gasteiger partial charge in [-0.3, -0.25) is 4.79 Å². The van der Waals surface area contributed by atoms with E-state index in [9.17, 15) is 4.79 Å². The maximum Gasteiger partial charge on any atom is 0.252 e. The van der Waals surface area contributed by atoms with Gasteiger partial charge in [-0.1, -0.05) is 43.1 Å². The van der Waals surface area contributed by atoms with E-state index >= 15 is 0 Å². The Morgan fingerprint density at radius 2 is 2.05 bits per heavy atom. The maximum atomic E-state index is 11.6. The third-order valence-electron chi connectivity index (χ3n) is 3.02. The predicted molar refractivity (Wildman–Crippen MR) is 87.6 cm³/mol. The van der Waals surface area contributed by atoms with E-state index in [-0.39, 0.29) is 11.5 Å². The van der Waals surface area contributed by atoms with Gasteiger partial charge in [-0.15, -0.1) is 0 Å². The van der Waals surface area contributed by atoms with Crippen molar-refractivity contribution in [3.05, 3.63) is 56.1 Å². The van der Waals surface area contributed by atoms with Crippen LogP contribution < -0.4 is 10.9 Å². The number of aromatic nitrogens is 2. The topological polar surface area (TPSA) is 57.8 Å². The second kappa shape index (κ2) is 6.96. The van der Waals surface area contributed by atoms with E-state index in [1.54, 1.807) is 6.07 Å². The second-order valence-electron chi connectivity index (χ2n) is 5.08. The van der Waals surface area contributed by atoms with Crippen molar-refractivity contribution < 1.29 is 0 Å². The van der Waals surface area contributed by atoms with E-state index in [1.165, 1.54) is 6.07 Å². The zero-order valence-corrected chi connectivity index (χ0v) is 13.4. The normalized spacial score (nSPS) is 10.9. The Kier molecular flexibility index (Phi) is 5.26. The Morgan fingerprint density at radius 3 is 2.71 bits per heavy atom. The molecule has 2 aromatic rings. The summed E-state index contributed by atoms with van der Waals surface area (Å²) in [5, 5.41) is 4.41. The summed E-state index contributed by atoms with van der Waals surface area (Å²) in [6.07, 6.45) is 0.724. The molecule has 0 aliphatic carbocycles. The smallest absolute Gasteiger partial charge is 0.252 e. The summed E-state index contributed by atoms with van der Waals surface area (Å²) >= 11 is 12.0. The first-order chi connectivity index (χ1) is 9.95. The Hall–Kier alpha value is -1.52. The van der Waals surface area contributed by atoms with E-state index in [4.69, 9.17) is 23.2 Å². The number of nitrogens with zero attached hydrogens (tertiary/aromatic N) is 1. The molecule has 0 bridgehead atoms. The molecule has 0 saturated heterocycles. The van der Waals surface area contributed by atoms with Gasteiger partial charge in [-0.05, 0) is 24.1 Å². The van der Waals surface area contributed by atoms with Gasteiger partial charge in [0.15, 0.2) is 0 Å². The first-order valence-electron chi connectivity index (χ1n) is 6.75. The molecule has 0 spiro atoms. The minimum Gasteiger partial charge on any atom is -0.370 e. The Balaban J connectivity index is 2.02. The van der Waals surface area contributed by atoms with Crippen molar-refractivity contribution in [2.75, 3.05) is 11.9 Å². The van der Waals surface area contributed by atoms with Gasteiger partial charge in [0.1, 0.15) is 11.6 Å². The van der Waals surface area contributed by atoms with E-state index in [2.05, 4.69) is 15.3 Å². The van der Waals surface area contributed by atoms with Crippen molar-refractivity contribution in [1.29, 1.82) is 0 Å². The summed E-state index contributed by atoms with van der Waals surface area (Å²) in [5.41, 5.74) is 0.850. The van der Waals surface area contributed by atoms with Crippen LogP contribution in [0.3, 0.4) is 0 Å². The van der Waals surface area contributed by atoms with Crippen molar-refractivity contribution in [1.82, 2.24) is 9.97 Å². The maximum absolute atomic E-state index is 11.6. The van der Waals surface area contributed by atoms with Crippen LogP contribution in [-0.2, 0) is 6.42 Å². The van der Waals surface area contributed by atoms with Crippen LogP contribution in [0.5, 0.6) is 0 Å². The molecule has 1 aromatic carbocycles. The van der Waals surface area contributed by atoms with Crippen LogP contribution in [0, 0.1) is 0 Å². The number of halogens is 2. The molecule has 0 amide bonds. The molecule has 6 heteroatoms. The molecule has 1 aromatic heterocycles. The lowest BCUT2D eigenvalue weighted by Gasteiger charge is -2.09. The molecule has 0 saturated carbocycles. The molecule has 1 heterocycles. The van der Waals surface area contributed by atoms with Gasteiger partial charge in [-0.2, -0.15) is 0 Å². The van der Waals surface area contributed by atoms with Crippen molar-refractivity contribution in [3.8, 4) is 0 Å². The zero-order valence-electron chi connectivity index (χ0n) is 11.9. The van der Waals surface area contributed by atoms with Crippen LogP contribution in [0.4, 0.5) is 5.82 Å². The number of H-pyrrole nitrogens is 1. The van der Waals surface area contributed by atoms with Crippen molar-refractivity contribution in [2.45, 2.75) is 26.2 Å². The monoisotopic (exact) mass is 325 g/mol. The molecule has 2 N–H and O–H groups in total. The predicted octanol–water partition coefficient (Wildman–Crippen LogP) is 3.85. The van der Waals surface area contributed by atoms with Gasteiger partial charge in [-0.25, -0.2) is 4.98 Å². The lowest BCUT2D eigenvalue weighted by Crippen LogP contribution is -2.15. The summed E-state index contributed by atoms with van der Waals surface area (Å²) in [7, 11) is 0. The van der Waals surface area contributed by atoms with Gasteiger partial charge >= 0.3 is 0 Å². The Morgan fingerprint density at radius 1 is 1.29 bits per heavy atom. The largest absolute Gasteiger partial charge is 0.370 e. The molecule has 0 aliphatic heterocycles. The Labute approximate surface area is 133 Å². The number of benzene rings is 1. The molecular formula is C15H17Cl2N3O. The first kappa shape index (κ1) is 15.9. The minimum absolute atomic E-state index is 0.152. The molecule has 2 rings (SSSR count). The highest BCUT2D eigenvalue weighted by Gasteiger charge is 2.06. The van der Waals surface area contributed by atoms with Gasteiger partial charge in [0, 0.05) is 28.6 Å². The fourth-order valence-electron chi connectivity index (χ4n) is 1.89. The number of rotatable bonds is 5. The van der Waals surface area contributed by atoms with Crippen LogP contribution in [-0.4, -0.2) is 16.5 Å². The van der Waals surface area contributed by atoms with Crippen LogP contribution >= 0.6 is 23.2 Å². The highest BCUT2D eigenvalue weighted by atomic mass is 35.5. The van der Waals surface area contributed by atoms with Gasteiger partial charge in [0.25, 0.3) is 5.56 Å². The van der Waals surface area contributed by atoms with E-state index < -0.39 is 0 Å². The molecule has 4 nitrogen and oxygen atoms in total. The fraction of sp³-hybridized carbons (Fsp3) is 0.333. The second-order valence-corrected chi connectivity index (χ2v) is 5.93. The lowest BCUT2D eigenvalue weighted by molar-refractivity contribution is 0.766. The van der Waals surface area contributed by atoms with E-state index in [0.717, 1.165) is 12.0 Å². The molecule has 21 heavy (non-hydrogen) atoms. The first-order valence-corrected chi connectivity index (χ1v) is 7.50. The molecule has 0 unspecified atom stereocenters. The van der Waals surface area contributed by atoms with Crippen LogP contribution in [0.15, 0.2) is 29.1 Å². The highest BCUT2D eigenvalue weighted by molar-refractivity contribution is 6.35. The standard InChI is InChI=1S/C15H17Cl2N3O/c1-9(2)15-19-13(8-14(21)20-15)18-6-5-10-3-4-11(16)7-12(10)17/h3-4,7-9H,5-6H2,1-2H3,(H2,18,19,20,21). The number of aromatic amines is 1. The minimum atomic E-state index is -0.152. The molecule has 0 atom stereocenters. The molecule has 0 fully saturated rings. The summed E-state index contributed by atoms with van der Waals surface area (Å²) in [6.45, 7) is 4.60. The molecule has 0 radical (unpaired) electrons. The van der Waals surface area contributed by atoms with E-state index in [1.807, 2.05) is 26.0 Å². The van der Waals surface area contributed by atoms with Crippen molar-refractivity contribution in [3.63, 3.8) is 0 Å². The molecular weight excluding hydrogens is 309 g/mol. The Bertz CT molecular complexity index is 683. The van der Waals surface area contributed by atoms with E-state index in [0.29, 0.717) is 28.2 Å². The van der Waals surface area contributed by atoms with Crippen LogP contribution in [0.25, 0.3) is 0 Å².